The topological polar surface area (TPSA) is 57.2 Å². The molecule has 6 heteroatoms. The maximum absolute atomic E-state index is 10.3. The van der Waals surface area contributed by atoms with E-state index in [-0.39, 0.29) is 23.7 Å². The van der Waals surface area contributed by atoms with Crippen molar-refractivity contribution in [2.24, 2.45) is 0 Å². The lowest BCUT2D eigenvalue weighted by Gasteiger charge is -2.49. The molecule has 5 atom stereocenters. The first-order chi connectivity index (χ1) is 8.48. The smallest absolute Gasteiger partial charge is 0.163 e. The second-order valence-electron chi connectivity index (χ2n) is 4.98. The summed E-state index contributed by atoms with van der Waals surface area (Å²) in [4.78, 5) is 0. The van der Waals surface area contributed by atoms with Gasteiger partial charge in [0.05, 0.1) is 6.61 Å². The molecule has 0 amide bonds. The molecule has 2 fully saturated rings. The molecule has 0 aromatic rings. The van der Waals surface area contributed by atoms with E-state index in [1.165, 1.54) is 0 Å². The van der Waals surface area contributed by atoms with Crippen LogP contribution in [-0.4, -0.2) is 60.2 Å². The maximum Gasteiger partial charge on any atom is 0.163 e. The van der Waals surface area contributed by atoms with Crippen molar-refractivity contribution in [1.29, 1.82) is 0 Å². The summed E-state index contributed by atoms with van der Waals surface area (Å²) in [6.07, 6.45) is -1.54. The lowest BCUT2D eigenvalue weighted by atomic mass is 9.98. The third-order valence-corrected chi connectivity index (χ3v) is 4.28. The van der Waals surface area contributed by atoms with Crippen LogP contribution < -0.4 is 0 Å². The van der Waals surface area contributed by atoms with Crippen molar-refractivity contribution in [1.82, 2.24) is 0 Å². The van der Waals surface area contributed by atoms with Gasteiger partial charge in [-0.25, -0.2) is 0 Å². The summed E-state index contributed by atoms with van der Waals surface area (Å²) < 4.78 is 22.7. The van der Waals surface area contributed by atoms with E-state index in [2.05, 4.69) is 0 Å². The van der Waals surface area contributed by atoms with Gasteiger partial charge >= 0.3 is 0 Å². The number of hydrogen-bond acceptors (Lipinski definition) is 6. The first-order valence-corrected chi connectivity index (χ1v) is 7.33. The number of rotatable bonds is 3. The lowest BCUT2D eigenvalue weighted by molar-refractivity contribution is -0.352. The monoisotopic (exact) mass is 278 g/mol. The van der Waals surface area contributed by atoms with Gasteiger partial charge in [0, 0.05) is 7.11 Å². The number of aliphatic hydroxyl groups is 1. The van der Waals surface area contributed by atoms with Crippen LogP contribution in [0.2, 0.25) is 0 Å². The molecular weight excluding hydrogens is 256 g/mol. The van der Waals surface area contributed by atoms with Crippen molar-refractivity contribution in [2.45, 2.75) is 56.4 Å². The molecule has 2 aliphatic heterocycles. The van der Waals surface area contributed by atoms with E-state index >= 15 is 0 Å². The van der Waals surface area contributed by atoms with Gasteiger partial charge in [-0.1, -0.05) is 6.92 Å². The average Bonchev–Trinajstić information content (AvgIpc) is 2.30. The van der Waals surface area contributed by atoms with Crippen molar-refractivity contribution in [2.75, 3.05) is 19.5 Å². The molecule has 0 spiro atoms. The Balaban J connectivity index is 2.12. The molecule has 2 heterocycles. The maximum atomic E-state index is 10.3. The Morgan fingerprint density at radius 1 is 1.44 bits per heavy atom. The Morgan fingerprint density at radius 3 is 2.78 bits per heavy atom. The van der Waals surface area contributed by atoms with Gasteiger partial charge in [-0.3, -0.25) is 0 Å². The predicted octanol–water partition coefficient (Wildman–Crippen LogP) is 0.992. The largest absolute Gasteiger partial charge is 0.387 e. The molecule has 106 valence electrons. The highest BCUT2D eigenvalue weighted by molar-refractivity contribution is 7.99. The second-order valence-corrected chi connectivity index (χ2v) is 6.36. The molecular formula is C12H22O5S. The van der Waals surface area contributed by atoms with E-state index in [0.29, 0.717) is 6.61 Å². The molecule has 2 rings (SSSR count). The standard InChI is InChI=1S/C12H22O5S/c1-5-18-11-8(13)10(14-4)9-7(16-11)6-15-12(2,3)17-9/h7-11,13H,5-6H2,1-4H3/t7?,8?,9-,10+,11?/m1/s1. The molecule has 0 aromatic carbocycles. The Kier molecular flexibility index (Phi) is 4.57. The fraction of sp³-hybridized carbons (Fsp3) is 1.00. The number of ether oxygens (including phenoxy) is 4. The molecule has 2 aliphatic rings. The van der Waals surface area contributed by atoms with Gasteiger partial charge < -0.3 is 24.1 Å². The Morgan fingerprint density at radius 2 is 2.17 bits per heavy atom. The van der Waals surface area contributed by atoms with E-state index < -0.39 is 11.9 Å². The van der Waals surface area contributed by atoms with Crippen molar-refractivity contribution >= 4 is 11.8 Å². The number of hydrogen-bond donors (Lipinski definition) is 1. The minimum absolute atomic E-state index is 0.185. The molecule has 0 aromatic heterocycles. The van der Waals surface area contributed by atoms with Crippen LogP contribution in [0.4, 0.5) is 0 Å². The first-order valence-electron chi connectivity index (χ1n) is 6.28. The summed E-state index contributed by atoms with van der Waals surface area (Å²) in [5.74, 6) is 0.217. The molecule has 0 aliphatic carbocycles. The third-order valence-electron chi connectivity index (χ3n) is 3.23. The van der Waals surface area contributed by atoms with Gasteiger partial charge in [0.25, 0.3) is 0 Å². The van der Waals surface area contributed by atoms with Gasteiger partial charge in [-0.05, 0) is 19.6 Å². The highest BCUT2D eigenvalue weighted by atomic mass is 32.2. The minimum atomic E-state index is -0.685. The minimum Gasteiger partial charge on any atom is -0.387 e. The zero-order valence-electron chi connectivity index (χ0n) is 11.3. The number of aliphatic hydroxyl groups excluding tert-OH is 1. The molecule has 2 saturated heterocycles. The molecule has 0 radical (unpaired) electrons. The fourth-order valence-electron chi connectivity index (χ4n) is 2.39. The average molecular weight is 278 g/mol. The quantitative estimate of drug-likeness (QED) is 0.831. The summed E-state index contributed by atoms with van der Waals surface area (Å²) in [5.41, 5.74) is -0.283. The summed E-state index contributed by atoms with van der Waals surface area (Å²) in [6.45, 7) is 6.21. The van der Waals surface area contributed by atoms with Gasteiger partial charge in [-0.15, -0.1) is 11.8 Å². The number of thioether (sulfide) groups is 1. The highest BCUT2D eigenvalue weighted by Crippen LogP contribution is 2.36. The number of fused-ring (bicyclic) bond motifs is 1. The number of methoxy groups -OCH3 is 1. The lowest BCUT2D eigenvalue weighted by Crippen LogP contribution is -2.64. The molecule has 0 saturated carbocycles. The summed E-state index contributed by atoms with van der Waals surface area (Å²) in [7, 11) is 1.59. The summed E-state index contributed by atoms with van der Waals surface area (Å²) >= 11 is 1.57. The second kappa shape index (κ2) is 5.64. The van der Waals surface area contributed by atoms with E-state index in [1.54, 1.807) is 18.9 Å². The molecule has 18 heavy (non-hydrogen) atoms. The summed E-state index contributed by atoms with van der Waals surface area (Å²) in [6, 6.07) is 0. The van der Waals surface area contributed by atoms with Crippen LogP contribution in [-0.2, 0) is 18.9 Å². The van der Waals surface area contributed by atoms with Crippen LogP contribution in [0.1, 0.15) is 20.8 Å². The van der Waals surface area contributed by atoms with E-state index in [9.17, 15) is 5.11 Å². The van der Waals surface area contributed by atoms with Crippen molar-refractivity contribution in [3.63, 3.8) is 0 Å². The van der Waals surface area contributed by atoms with E-state index in [1.807, 2.05) is 20.8 Å². The van der Waals surface area contributed by atoms with Crippen molar-refractivity contribution in [3.05, 3.63) is 0 Å². The Hall–Kier alpha value is 0.150. The van der Waals surface area contributed by atoms with Crippen LogP contribution in [0.15, 0.2) is 0 Å². The fourth-order valence-corrected chi connectivity index (χ4v) is 3.29. The molecule has 5 nitrogen and oxygen atoms in total. The summed E-state index contributed by atoms with van der Waals surface area (Å²) in [5, 5.41) is 10.3. The predicted molar refractivity (Wildman–Crippen MR) is 68.5 cm³/mol. The van der Waals surface area contributed by atoms with Gasteiger partial charge in [-0.2, -0.15) is 0 Å². The first kappa shape index (κ1) is 14.6. The van der Waals surface area contributed by atoms with Crippen molar-refractivity contribution in [3.8, 4) is 0 Å². The Labute approximate surface area is 112 Å². The van der Waals surface area contributed by atoms with Crippen LogP contribution in [0.3, 0.4) is 0 Å². The van der Waals surface area contributed by atoms with Crippen LogP contribution in [0.25, 0.3) is 0 Å². The van der Waals surface area contributed by atoms with Crippen molar-refractivity contribution < 1.29 is 24.1 Å². The highest BCUT2D eigenvalue weighted by Gasteiger charge is 2.51. The zero-order chi connectivity index (χ0) is 13.3. The normalized spacial score (nSPS) is 43.5. The molecule has 0 bridgehead atoms. The Bertz CT molecular complexity index is 286. The zero-order valence-corrected chi connectivity index (χ0v) is 12.1. The van der Waals surface area contributed by atoms with Gasteiger partial charge in [0.2, 0.25) is 0 Å². The third kappa shape index (κ3) is 2.84. The van der Waals surface area contributed by atoms with Gasteiger partial charge in [0.1, 0.15) is 29.9 Å². The van der Waals surface area contributed by atoms with Crippen LogP contribution >= 0.6 is 11.8 Å². The molecule has 1 N–H and O–H groups in total. The van der Waals surface area contributed by atoms with Crippen LogP contribution in [0.5, 0.6) is 0 Å². The van der Waals surface area contributed by atoms with Crippen LogP contribution in [0, 0.1) is 0 Å². The molecule has 3 unspecified atom stereocenters. The van der Waals surface area contributed by atoms with E-state index in [0.717, 1.165) is 5.75 Å². The SMILES string of the molecule is CCSC1OC2COC(C)(C)O[C@H]2[C@@H](OC)C1O. The van der Waals surface area contributed by atoms with E-state index in [4.69, 9.17) is 18.9 Å². The van der Waals surface area contributed by atoms with Gasteiger partial charge in [0.15, 0.2) is 5.79 Å².